The average molecular weight is 386 g/mol. The molecular weight excluding hydrogens is 363 g/mol. The van der Waals surface area contributed by atoms with Crippen LogP contribution < -0.4 is 4.74 Å². The van der Waals surface area contributed by atoms with Crippen molar-refractivity contribution in [3.8, 4) is 16.9 Å². The van der Waals surface area contributed by atoms with Crippen LogP contribution in [-0.2, 0) is 0 Å². The van der Waals surface area contributed by atoms with Crippen molar-refractivity contribution in [2.45, 2.75) is 19.8 Å². The van der Waals surface area contributed by atoms with Gasteiger partial charge in [-0.1, -0.05) is 24.3 Å². The van der Waals surface area contributed by atoms with Gasteiger partial charge in [-0.15, -0.1) is 0 Å². The Morgan fingerprint density at radius 2 is 1.97 bits per heavy atom. The van der Waals surface area contributed by atoms with Crippen molar-refractivity contribution in [3.05, 3.63) is 89.5 Å². The normalized spacial score (nSPS) is 15.2. The fourth-order valence-electron chi connectivity index (χ4n) is 3.61. The van der Waals surface area contributed by atoms with Gasteiger partial charge in [0.2, 0.25) is 0 Å². The van der Waals surface area contributed by atoms with Crippen LogP contribution in [0.3, 0.4) is 0 Å². The van der Waals surface area contributed by atoms with Crippen molar-refractivity contribution in [1.29, 1.82) is 0 Å². The van der Waals surface area contributed by atoms with Crippen LogP contribution in [0.15, 0.2) is 77.6 Å². The lowest BCUT2D eigenvalue weighted by atomic mass is 9.94. The summed E-state index contributed by atoms with van der Waals surface area (Å²) in [6.07, 6.45) is 7.66. The maximum atomic E-state index is 14.7. The van der Waals surface area contributed by atoms with Gasteiger partial charge in [0.15, 0.2) is 0 Å². The second-order valence-corrected chi connectivity index (χ2v) is 6.91. The summed E-state index contributed by atoms with van der Waals surface area (Å²) in [5.41, 5.74) is 5.39. The molecule has 0 radical (unpaired) electrons. The molecule has 0 spiro atoms. The third-order valence-electron chi connectivity index (χ3n) is 4.92. The Balaban J connectivity index is 1.74. The van der Waals surface area contributed by atoms with E-state index in [1.54, 1.807) is 6.20 Å². The van der Waals surface area contributed by atoms with Gasteiger partial charge < -0.3 is 4.74 Å². The minimum Gasteiger partial charge on any atom is -0.493 e. The summed E-state index contributed by atoms with van der Waals surface area (Å²) in [4.78, 5) is 8.95. The summed E-state index contributed by atoms with van der Waals surface area (Å²) in [6, 6.07) is 16.7. The quantitative estimate of drug-likeness (QED) is 0.543. The van der Waals surface area contributed by atoms with Crippen LogP contribution in [0, 0.1) is 5.82 Å². The molecule has 0 saturated carbocycles. The number of aromatic nitrogens is 1. The first-order valence-corrected chi connectivity index (χ1v) is 9.94. The molecule has 0 N–H and O–H groups in total. The molecule has 0 aliphatic carbocycles. The largest absolute Gasteiger partial charge is 0.493 e. The van der Waals surface area contributed by atoms with Gasteiger partial charge in [-0.05, 0) is 67.3 Å². The zero-order valence-corrected chi connectivity index (χ0v) is 16.4. The van der Waals surface area contributed by atoms with E-state index >= 15 is 0 Å². The highest BCUT2D eigenvalue weighted by Crippen LogP contribution is 2.33. The Kier molecular flexibility index (Phi) is 5.80. The molecule has 0 saturated heterocycles. The fourth-order valence-corrected chi connectivity index (χ4v) is 3.61. The Bertz CT molecular complexity index is 1060. The minimum absolute atomic E-state index is 0.260. The number of nitrogens with zero attached hydrogens (tertiary/aromatic N) is 2. The third-order valence-corrected chi connectivity index (χ3v) is 4.92. The molecule has 146 valence electrons. The van der Waals surface area contributed by atoms with E-state index in [0.29, 0.717) is 17.9 Å². The van der Waals surface area contributed by atoms with Crippen LogP contribution in [0.1, 0.15) is 30.9 Å². The first kappa shape index (κ1) is 19.1. The highest BCUT2D eigenvalue weighted by Gasteiger charge is 2.15. The number of aliphatic imine (C=N–C) groups is 1. The van der Waals surface area contributed by atoms with E-state index < -0.39 is 0 Å². The van der Waals surface area contributed by atoms with E-state index in [1.165, 1.54) is 6.07 Å². The molecule has 2 heterocycles. The van der Waals surface area contributed by atoms with Crippen molar-refractivity contribution in [3.63, 3.8) is 0 Å². The number of hydrogen-bond acceptors (Lipinski definition) is 3. The van der Waals surface area contributed by atoms with Gasteiger partial charge in [-0.25, -0.2) is 4.39 Å². The van der Waals surface area contributed by atoms with E-state index in [9.17, 15) is 4.39 Å². The predicted molar refractivity (Wildman–Crippen MR) is 116 cm³/mol. The first-order valence-electron chi connectivity index (χ1n) is 9.94. The van der Waals surface area contributed by atoms with E-state index in [4.69, 9.17) is 9.73 Å². The van der Waals surface area contributed by atoms with Gasteiger partial charge in [0, 0.05) is 35.6 Å². The van der Waals surface area contributed by atoms with Gasteiger partial charge in [0.1, 0.15) is 11.6 Å². The molecule has 2 aromatic carbocycles. The van der Waals surface area contributed by atoms with Crippen LogP contribution in [-0.4, -0.2) is 23.8 Å². The lowest BCUT2D eigenvalue weighted by molar-refractivity contribution is 0.341. The number of para-hydroxylation sites is 1. The van der Waals surface area contributed by atoms with Gasteiger partial charge in [-0.3, -0.25) is 9.98 Å². The summed E-state index contributed by atoms with van der Waals surface area (Å²) < 4.78 is 20.4. The van der Waals surface area contributed by atoms with Crippen molar-refractivity contribution >= 4 is 11.8 Å². The second kappa shape index (κ2) is 8.82. The smallest absolute Gasteiger partial charge is 0.131 e. The van der Waals surface area contributed by atoms with Gasteiger partial charge in [-0.2, -0.15) is 0 Å². The molecule has 4 heteroatoms. The Morgan fingerprint density at radius 1 is 1.07 bits per heavy atom. The van der Waals surface area contributed by atoms with E-state index in [0.717, 1.165) is 47.4 Å². The highest BCUT2D eigenvalue weighted by molar-refractivity contribution is 6.15. The summed E-state index contributed by atoms with van der Waals surface area (Å²) >= 11 is 0. The Morgan fingerprint density at radius 3 is 2.79 bits per heavy atom. The minimum atomic E-state index is -0.260. The number of allylic oxidation sites excluding steroid dienone is 1. The number of ether oxygens (including phenoxy) is 1. The summed E-state index contributed by atoms with van der Waals surface area (Å²) in [5.74, 6) is 0.429. The zero-order valence-electron chi connectivity index (χ0n) is 16.4. The highest BCUT2D eigenvalue weighted by atomic mass is 19.1. The monoisotopic (exact) mass is 386 g/mol. The first-order chi connectivity index (χ1) is 14.3. The molecular formula is C25H23FN2O. The molecule has 0 fully saturated rings. The second-order valence-electron chi connectivity index (χ2n) is 6.91. The summed E-state index contributed by atoms with van der Waals surface area (Å²) in [5, 5.41) is 0. The molecule has 0 atom stereocenters. The molecule has 3 aromatic rings. The number of hydrogen-bond donors (Lipinski definition) is 0. The maximum Gasteiger partial charge on any atom is 0.131 e. The molecule has 0 amide bonds. The van der Waals surface area contributed by atoms with Crippen molar-refractivity contribution < 1.29 is 9.13 Å². The van der Waals surface area contributed by atoms with Crippen LogP contribution in [0.4, 0.5) is 4.39 Å². The Labute approximate surface area is 170 Å². The number of pyridine rings is 1. The average Bonchev–Trinajstić information content (AvgIpc) is 2.77. The van der Waals surface area contributed by atoms with Crippen LogP contribution >= 0.6 is 0 Å². The van der Waals surface area contributed by atoms with E-state index in [2.05, 4.69) is 11.1 Å². The van der Waals surface area contributed by atoms with Crippen molar-refractivity contribution in [1.82, 2.24) is 4.98 Å². The zero-order chi connectivity index (χ0) is 20.1. The van der Waals surface area contributed by atoms with E-state index in [1.807, 2.05) is 61.7 Å². The van der Waals surface area contributed by atoms with Crippen LogP contribution in [0.2, 0.25) is 0 Å². The Hall–Kier alpha value is -3.27. The molecule has 0 bridgehead atoms. The van der Waals surface area contributed by atoms with Gasteiger partial charge >= 0.3 is 0 Å². The lowest BCUT2D eigenvalue weighted by Crippen LogP contribution is -2.11. The summed E-state index contributed by atoms with van der Waals surface area (Å²) in [7, 11) is 0. The molecule has 1 aliphatic heterocycles. The molecule has 0 unspecified atom stereocenters. The molecule has 3 nitrogen and oxygen atoms in total. The SMILES string of the molecule is CCOc1ccccc1-c1cc(/C=C2/CCCN=C2c2cccnc2)ccc1F. The molecule has 29 heavy (non-hydrogen) atoms. The number of benzene rings is 2. The number of rotatable bonds is 5. The number of halogens is 1. The third kappa shape index (κ3) is 4.27. The lowest BCUT2D eigenvalue weighted by Gasteiger charge is -2.17. The molecule has 4 rings (SSSR count). The van der Waals surface area contributed by atoms with Crippen LogP contribution in [0.25, 0.3) is 17.2 Å². The van der Waals surface area contributed by atoms with Crippen molar-refractivity contribution in [2.24, 2.45) is 4.99 Å². The molecule has 1 aliphatic rings. The van der Waals surface area contributed by atoms with Crippen LogP contribution in [0.5, 0.6) is 5.75 Å². The van der Waals surface area contributed by atoms with Gasteiger partial charge in [0.05, 0.1) is 12.3 Å². The topological polar surface area (TPSA) is 34.5 Å². The predicted octanol–water partition coefficient (Wildman–Crippen LogP) is 5.95. The maximum absolute atomic E-state index is 14.7. The fraction of sp³-hybridized carbons (Fsp3) is 0.200. The summed E-state index contributed by atoms with van der Waals surface area (Å²) in [6.45, 7) is 3.28. The molecule has 1 aromatic heterocycles. The van der Waals surface area contributed by atoms with E-state index in [-0.39, 0.29) is 5.82 Å². The van der Waals surface area contributed by atoms with Crippen molar-refractivity contribution in [2.75, 3.05) is 13.2 Å². The standard InChI is InChI=1S/C25H23FN2O/c1-2-29-24-10-4-3-9-21(24)22-16-18(11-12-23(22)26)15-19-7-6-14-28-25(19)20-8-5-13-27-17-20/h3-5,8-13,15-17H,2,6-7,14H2,1H3/b19-15-. The van der Waals surface area contributed by atoms with Gasteiger partial charge in [0.25, 0.3) is 0 Å².